The molecular weight excluding hydrogens is 406 g/mol. The van der Waals surface area contributed by atoms with Crippen LogP contribution in [0, 0.1) is 5.82 Å². The minimum absolute atomic E-state index is 0.00479. The molecule has 0 saturated heterocycles. The van der Waals surface area contributed by atoms with Gasteiger partial charge in [0.1, 0.15) is 6.73 Å². The zero-order valence-corrected chi connectivity index (χ0v) is 15.9. The number of anilines is 5. The summed E-state index contributed by atoms with van der Waals surface area (Å²) >= 11 is 11.9. The van der Waals surface area contributed by atoms with Crippen molar-refractivity contribution in [1.29, 1.82) is 0 Å². The zero-order chi connectivity index (χ0) is 19.7. The molecule has 4 N–H and O–H groups in total. The van der Waals surface area contributed by atoms with Gasteiger partial charge in [-0.25, -0.2) is 14.8 Å². The molecule has 0 spiro atoms. The van der Waals surface area contributed by atoms with Crippen molar-refractivity contribution in [3.8, 4) is 0 Å². The molecule has 3 aromatic rings. The van der Waals surface area contributed by atoms with Crippen molar-refractivity contribution in [3.05, 3.63) is 64.0 Å². The van der Waals surface area contributed by atoms with E-state index >= 15 is 0 Å². The molecule has 1 aliphatic rings. The van der Waals surface area contributed by atoms with Crippen LogP contribution in [-0.4, -0.2) is 21.8 Å². The van der Waals surface area contributed by atoms with Crippen molar-refractivity contribution in [1.82, 2.24) is 15.4 Å². The van der Waals surface area contributed by atoms with Crippen LogP contribution in [0.5, 0.6) is 0 Å². The highest BCUT2D eigenvalue weighted by Gasteiger charge is 2.18. The van der Waals surface area contributed by atoms with Gasteiger partial charge in [-0.05, 0) is 42.0 Å². The number of nitrogens with zero attached hydrogens (tertiary/aromatic N) is 3. The van der Waals surface area contributed by atoms with Gasteiger partial charge in [0.15, 0.2) is 11.6 Å². The van der Waals surface area contributed by atoms with Gasteiger partial charge < -0.3 is 15.7 Å². The van der Waals surface area contributed by atoms with Crippen LogP contribution in [0.25, 0.3) is 0 Å². The summed E-state index contributed by atoms with van der Waals surface area (Å²) in [5.74, 6) is -0.368. The van der Waals surface area contributed by atoms with Crippen LogP contribution in [0.4, 0.5) is 33.2 Å². The molecule has 0 saturated carbocycles. The minimum Gasteiger partial charge on any atom is -0.375 e. The molecule has 0 radical (unpaired) electrons. The van der Waals surface area contributed by atoms with Crippen LogP contribution in [-0.2, 0) is 6.54 Å². The lowest BCUT2D eigenvalue weighted by atomic mass is 10.1. The zero-order valence-electron chi connectivity index (χ0n) is 14.4. The molecule has 0 unspecified atom stereocenters. The number of aliphatic hydroxyl groups is 1. The Labute approximate surface area is 170 Å². The predicted molar refractivity (Wildman–Crippen MR) is 108 cm³/mol. The first-order valence-corrected chi connectivity index (χ1v) is 9.05. The summed E-state index contributed by atoms with van der Waals surface area (Å²) in [6.07, 6.45) is 1.08. The molecule has 7 nitrogen and oxygen atoms in total. The van der Waals surface area contributed by atoms with E-state index in [2.05, 4.69) is 26.0 Å². The Morgan fingerprint density at radius 3 is 2.68 bits per heavy atom. The molecule has 0 atom stereocenters. The summed E-state index contributed by atoms with van der Waals surface area (Å²) in [6.45, 7) is 0.477. The number of rotatable bonds is 5. The Hall–Kier alpha value is -2.65. The van der Waals surface area contributed by atoms with E-state index in [9.17, 15) is 9.50 Å². The SMILES string of the molecule is OCN1NCc2cc(Nc3ncc(F)c(Nc4ccc(Cl)c(Cl)c4)n3)ccc21. The summed E-state index contributed by atoms with van der Waals surface area (Å²) in [6, 6.07) is 10.5. The Balaban J connectivity index is 1.55. The third-order valence-corrected chi connectivity index (χ3v) is 4.89. The van der Waals surface area contributed by atoms with Gasteiger partial charge in [0.2, 0.25) is 5.95 Å². The van der Waals surface area contributed by atoms with Crippen LogP contribution in [0.1, 0.15) is 5.56 Å². The van der Waals surface area contributed by atoms with E-state index in [-0.39, 0.29) is 18.5 Å². The number of benzene rings is 2. The lowest BCUT2D eigenvalue weighted by molar-refractivity contribution is 0.279. The first-order chi connectivity index (χ1) is 13.5. The number of hydrogen-bond donors (Lipinski definition) is 4. The van der Waals surface area contributed by atoms with Crippen LogP contribution in [0.3, 0.4) is 0 Å². The Morgan fingerprint density at radius 2 is 1.89 bits per heavy atom. The second-order valence-corrected chi connectivity index (χ2v) is 6.83. The van der Waals surface area contributed by atoms with Gasteiger partial charge in [0.05, 0.1) is 21.9 Å². The van der Waals surface area contributed by atoms with Crippen molar-refractivity contribution < 1.29 is 9.50 Å². The fourth-order valence-corrected chi connectivity index (χ4v) is 3.11. The summed E-state index contributed by atoms with van der Waals surface area (Å²) in [5, 5.41) is 17.6. The van der Waals surface area contributed by atoms with E-state index in [0.717, 1.165) is 23.1 Å². The second kappa shape index (κ2) is 7.76. The average Bonchev–Trinajstić information content (AvgIpc) is 3.10. The van der Waals surface area contributed by atoms with Gasteiger partial charge in [-0.1, -0.05) is 23.2 Å². The molecule has 2 aromatic carbocycles. The monoisotopic (exact) mass is 420 g/mol. The minimum atomic E-state index is -0.603. The molecule has 2 heterocycles. The van der Waals surface area contributed by atoms with Gasteiger partial charge in [-0.3, -0.25) is 5.01 Å². The van der Waals surface area contributed by atoms with Gasteiger partial charge in [0.25, 0.3) is 0 Å². The molecule has 144 valence electrons. The summed E-state index contributed by atoms with van der Waals surface area (Å²) < 4.78 is 14.1. The van der Waals surface area contributed by atoms with Crippen molar-refractivity contribution in [3.63, 3.8) is 0 Å². The van der Waals surface area contributed by atoms with Crippen LogP contribution in [0.15, 0.2) is 42.6 Å². The summed E-state index contributed by atoms with van der Waals surface area (Å²) in [4.78, 5) is 8.17. The highest BCUT2D eigenvalue weighted by Crippen LogP contribution is 2.30. The number of fused-ring (bicyclic) bond motifs is 1. The molecule has 10 heteroatoms. The predicted octanol–water partition coefficient (Wildman–Crippen LogP) is 4.18. The standard InChI is InChI=1S/C18H15Cl2FN6O/c19-13-3-1-12(6-14(13)20)24-17-15(21)8-22-18(26-17)25-11-2-4-16-10(5-11)7-23-27(16)9-28/h1-6,8,23,28H,7,9H2,(H2,22,24,25,26). The normalized spacial score (nSPS) is 12.8. The Bertz CT molecular complexity index is 1030. The summed E-state index contributed by atoms with van der Waals surface area (Å²) in [5.41, 5.74) is 6.26. The van der Waals surface area contributed by atoms with Crippen LogP contribution in [0.2, 0.25) is 10.0 Å². The van der Waals surface area contributed by atoms with Crippen LogP contribution < -0.4 is 21.1 Å². The first kappa shape index (κ1) is 18.7. The van der Waals surface area contributed by atoms with Crippen molar-refractivity contribution in [2.24, 2.45) is 0 Å². The van der Waals surface area contributed by atoms with Gasteiger partial charge in [-0.2, -0.15) is 4.98 Å². The lowest BCUT2D eigenvalue weighted by Crippen LogP contribution is -2.32. The molecule has 0 amide bonds. The van der Waals surface area contributed by atoms with E-state index < -0.39 is 5.82 Å². The molecule has 0 fully saturated rings. The maximum absolute atomic E-state index is 14.1. The second-order valence-electron chi connectivity index (χ2n) is 6.02. The van der Waals surface area contributed by atoms with Crippen molar-refractivity contribution in [2.45, 2.75) is 6.54 Å². The number of hydrazine groups is 1. The Kier molecular flexibility index (Phi) is 5.19. The number of nitrogens with one attached hydrogen (secondary N) is 3. The van der Waals surface area contributed by atoms with E-state index in [1.54, 1.807) is 23.2 Å². The molecule has 1 aromatic heterocycles. The third kappa shape index (κ3) is 3.81. The fraction of sp³-hybridized carbons (Fsp3) is 0.111. The molecule has 1 aliphatic heterocycles. The molecular formula is C18H15Cl2FN6O. The molecule has 4 rings (SSSR count). The highest BCUT2D eigenvalue weighted by molar-refractivity contribution is 6.42. The fourth-order valence-electron chi connectivity index (χ4n) is 2.81. The Morgan fingerprint density at radius 1 is 1.11 bits per heavy atom. The number of hydrogen-bond acceptors (Lipinski definition) is 7. The average molecular weight is 421 g/mol. The first-order valence-electron chi connectivity index (χ1n) is 8.30. The van der Waals surface area contributed by atoms with Gasteiger partial charge in [-0.15, -0.1) is 0 Å². The topological polar surface area (TPSA) is 85.3 Å². The van der Waals surface area contributed by atoms with E-state index in [4.69, 9.17) is 23.2 Å². The highest BCUT2D eigenvalue weighted by atomic mass is 35.5. The summed E-state index contributed by atoms with van der Waals surface area (Å²) in [7, 11) is 0. The number of aromatic nitrogens is 2. The van der Waals surface area contributed by atoms with Crippen molar-refractivity contribution >= 4 is 52.0 Å². The van der Waals surface area contributed by atoms with Gasteiger partial charge >= 0.3 is 0 Å². The van der Waals surface area contributed by atoms with Gasteiger partial charge in [0, 0.05) is 17.9 Å². The molecule has 0 aliphatic carbocycles. The lowest BCUT2D eigenvalue weighted by Gasteiger charge is -2.15. The largest absolute Gasteiger partial charge is 0.375 e. The maximum Gasteiger partial charge on any atom is 0.229 e. The maximum atomic E-state index is 14.1. The number of aliphatic hydroxyl groups excluding tert-OH is 1. The molecule has 0 bridgehead atoms. The number of halogens is 3. The third-order valence-electron chi connectivity index (χ3n) is 4.15. The molecule has 28 heavy (non-hydrogen) atoms. The smallest absolute Gasteiger partial charge is 0.229 e. The van der Waals surface area contributed by atoms with E-state index in [1.807, 2.05) is 18.2 Å². The van der Waals surface area contributed by atoms with E-state index in [0.29, 0.717) is 22.3 Å². The quantitative estimate of drug-likeness (QED) is 0.492. The van der Waals surface area contributed by atoms with Crippen LogP contribution >= 0.6 is 23.2 Å². The van der Waals surface area contributed by atoms with E-state index in [1.165, 1.54) is 0 Å². The van der Waals surface area contributed by atoms with Crippen molar-refractivity contribution in [2.75, 3.05) is 22.4 Å².